The highest BCUT2D eigenvalue weighted by molar-refractivity contribution is 7.89. The minimum Gasteiger partial charge on any atom is -0.353 e. The van der Waals surface area contributed by atoms with E-state index < -0.39 is 10.0 Å². The first-order valence-corrected chi connectivity index (χ1v) is 7.71. The second-order valence-electron chi connectivity index (χ2n) is 3.98. The van der Waals surface area contributed by atoms with E-state index in [0.29, 0.717) is 37.0 Å². The zero-order chi connectivity index (χ0) is 13.2. The van der Waals surface area contributed by atoms with Crippen LogP contribution in [0.2, 0.25) is 5.02 Å². The SMILES string of the molecule is CCS(=O)(=O)N1CCN(c2ncncc2Cl)CC1. The summed E-state index contributed by atoms with van der Waals surface area (Å²) in [6, 6.07) is 0. The molecular weight excluding hydrogens is 276 g/mol. The summed E-state index contributed by atoms with van der Waals surface area (Å²) in [6.07, 6.45) is 2.98. The van der Waals surface area contributed by atoms with Crippen molar-refractivity contribution in [3.8, 4) is 0 Å². The van der Waals surface area contributed by atoms with E-state index >= 15 is 0 Å². The van der Waals surface area contributed by atoms with E-state index in [-0.39, 0.29) is 5.75 Å². The van der Waals surface area contributed by atoms with Crippen LogP contribution in [0.1, 0.15) is 6.92 Å². The van der Waals surface area contributed by atoms with E-state index in [1.165, 1.54) is 10.6 Å². The van der Waals surface area contributed by atoms with Crippen molar-refractivity contribution in [3.63, 3.8) is 0 Å². The maximum Gasteiger partial charge on any atom is 0.213 e. The number of halogens is 1. The molecule has 0 bridgehead atoms. The van der Waals surface area contributed by atoms with Crippen molar-refractivity contribution < 1.29 is 8.42 Å². The second-order valence-corrected chi connectivity index (χ2v) is 6.65. The van der Waals surface area contributed by atoms with Gasteiger partial charge in [-0.15, -0.1) is 0 Å². The Kier molecular flexibility index (Phi) is 4.04. The third-order valence-corrected chi connectivity index (χ3v) is 5.09. The van der Waals surface area contributed by atoms with Crippen molar-refractivity contribution >= 4 is 27.4 Å². The van der Waals surface area contributed by atoms with E-state index in [9.17, 15) is 8.42 Å². The molecule has 1 fully saturated rings. The lowest BCUT2D eigenvalue weighted by atomic mass is 10.3. The molecule has 0 N–H and O–H groups in total. The third-order valence-electron chi connectivity index (χ3n) is 2.94. The van der Waals surface area contributed by atoms with Crippen molar-refractivity contribution in [2.24, 2.45) is 0 Å². The average molecular weight is 291 g/mol. The van der Waals surface area contributed by atoms with Crippen LogP contribution in [0.3, 0.4) is 0 Å². The lowest BCUT2D eigenvalue weighted by Crippen LogP contribution is -2.49. The maximum atomic E-state index is 11.7. The van der Waals surface area contributed by atoms with Gasteiger partial charge in [0.05, 0.1) is 11.9 Å². The molecule has 0 atom stereocenters. The van der Waals surface area contributed by atoms with Crippen LogP contribution in [0.4, 0.5) is 5.82 Å². The number of nitrogens with zero attached hydrogens (tertiary/aromatic N) is 4. The fourth-order valence-corrected chi connectivity index (χ4v) is 3.21. The number of rotatable bonds is 3. The minimum atomic E-state index is -3.10. The topological polar surface area (TPSA) is 66.4 Å². The molecule has 1 saturated heterocycles. The Morgan fingerprint density at radius 3 is 2.56 bits per heavy atom. The van der Waals surface area contributed by atoms with Gasteiger partial charge in [-0.1, -0.05) is 11.6 Å². The highest BCUT2D eigenvalue weighted by Crippen LogP contribution is 2.22. The zero-order valence-corrected chi connectivity index (χ0v) is 11.7. The monoisotopic (exact) mass is 290 g/mol. The Hall–Kier alpha value is -0.920. The molecule has 0 aliphatic carbocycles. The van der Waals surface area contributed by atoms with Crippen LogP contribution in [0.15, 0.2) is 12.5 Å². The fraction of sp³-hybridized carbons (Fsp3) is 0.600. The molecule has 2 heterocycles. The van der Waals surface area contributed by atoms with E-state index in [4.69, 9.17) is 11.6 Å². The Balaban J connectivity index is 2.06. The van der Waals surface area contributed by atoms with Crippen LogP contribution in [-0.2, 0) is 10.0 Å². The molecule has 0 unspecified atom stereocenters. The van der Waals surface area contributed by atoms with Gasteiger partial charge in [-0.2, -0.15) is 4.31 Å². The first kappa shape index (κ1) is 13.5. The van der Waals surface area contributed by atoms with E-state index in [1.54, 1.807) is 13.1 Å². The molecule has 0 amide bonds. The zero-order valence-electron chi connectivity index (χ0n) is 10.1. The molecule has 0 saturated carbocycles. The fourth-order valence-electron chi connectivity index (χ4n) is 1.90. The standard InChI is InChI=1S/C10H15ClN4O2S/c1-2-18(16,17)15-5-3-14(4-6-15)10-9(11)7-12-8-13-10/h7-8H,2-6H2,1H3. The van der Waals surface area contributed by atoms with Crippen LogP contribution in [-0.4, -0.2) is 54.6 Å². The van der Waals surface area contributed by atoms with Crippen LogP contribution < -0.4 is 4.90 Å². The summed E-state index contributed by atoms with van der Waals surface area (Å²) in [5.41, 5.74) is 0. The van der Waals surface area contributed by atoms with Gasteiger partial charge in [0.2, 0.25) is 10.0 Å². The Morgan fingerprint density at radius 1 is 1.33 bits per heavy atom. The predicted molar refractivity (Wildman–Crippen MR) is 70.3 cm³/mol. The van der Waals surface area contributed by atoms with Crippen LogP contribution in [0.25, 0.3) is 0 Å². The Bertz CT molecular complexity index is 514. The van der Waals surface area contributed by atoms with Gasteiger partial charge in [-0.3, -0.25) is 0 Å². The van der Waals surface area contributed by atoms with E-state index in [0.717, 1.165) is 0 Å². The summed E-state index contributed by atoms with van der Waals surface area (Å²) < 4.78 is 25.0. The lowest BCUT2D eigenvalue weighted by molar-refractivity contribution is 0.384. The van der Waals surface area contributed by atoms with Crippen LogP contribution in [0, 0.1) is 0 Å². The van der Waals surface area contributed by atoms with E-state index in [1.807, 2.05) is 4.90 Å². The smallest absolute Gasteiger partial charge is 0.213 e. The van der Waals surface area contributed by atoms with E-state index in [2.05, 4.69) is 9.97 Å². The molecule has 2 rings (SSSR count). The van der Waals surface area contributed by atoms with Crippen LogP contribution in [0.5, 0.6) is 0 Å². The minimum absolute atomic E-state index is 0.140. The Morgan fingerprint density at radius 2 is 2.00 bits per heavy atom. The first-order chi connectivity index (χ1) is 8.54. The van der Waals surface area contributed by atoms with Gasteiger partial charge in [0.15, 0.2) is 5.82 Å². The maximum absolute atomic E-state index is 11.7. The number of hydrogen-bond acceptors (Lipinski definition) is 5. The molecule has 6 nitrogen and oxygen atoms in total. The second kappa shape index (κ2) is 5.38. The summed E-state index contributed by atoms with van der Waals surface area (Å²) in [7, 11) is -3.10. The number of hydrogen-bond donors (Lipinski definition) is 0. The predicted octanol–water partition coefficient (Wildman–Crippen LogP) is 0.602. The van der Waals surface area contributed by atoms with Gasteiger partial charge < -0.3 is 4.90 Å². The molecule has 1 aromatic heterocycles. The third kappa shape index (κ3) is 2.73. The lowest BCUT2D eigenvalue weighted by Gasteiger charge is -2.34. The van der Waals surface area contributed by atoms with Crippen molar-refractivity contribution in [2.45, 2.75) is 6.92 Å². The van der Waals surface area contributed by atoms with Gasteiger partial charge in [0, 0.05) is 26.2 Å². The normalized spacial score (nSPS) is 18.0. The number of anilines is 1. The molecule has 18 heavy (non-hydrogen) atoms. The van der Waals surface area contributed by atoms with Crippen molar-refractivity contribution in [2.75, 3.05) is 36.8 Å². The molecule has 0 radical (unpaired) electrons. The molecule has 8 heteroatoms. The molecule has 100 valence electrons. The quantitative estimate of drug-likeness (QED) is 0.816. The van der Waals surface area contributed by atoms with Gasteiger partial charge >= 0.3 is 0 Å². The number of sulfonamides is 1. The summed E-state index contributed by atoms with van der Waals surface area (Å²) in [5.74, 6) is 0.807. The van der Waals surface area contributed by atoms with Gasteiger partial charge in [0.1, 0.15) is 11.3 Å². The van der Waals surface area contributed by atoms with Crippen molar-refractivity contribution in [1.82, 2.24) is 14.3 Å². The largest absolute Gasteiger partial charge is 0.353 e. The van der Waals surface area contributed by atoms with Gasteiger partial charge in [0.25, 0.3) is 0 Å². The average Bonchev–Trinajstić information content (AvgIpc) is 2.39. The summed E-state index contributed by atoms with van der Waals surface area (Å²) in [6.45, 7) is 3.78. The van der Waals surface area contributed by atoms with Gasteiger partial charge in [-0.25, -0.2) is 18.4 Å². The summed E-state index contributed by atoms with van der Waals surface area (Å²) in [5, 5.41) is 0.490. The Labute approximate surface area is 112 Å². The highest BCUT2D eigenvalue weighted by Gasteiger charge is 2.26. The summed E-state index contributed by atoms with van der Waals surface area (Å²) in [4.78, 5) is 9.93. The molecule has 1 aromatic rings. The molecule has 1 aliphatic rings. The molecule has 0 aromatic carbocycles. The van der Waals surface area contributed by atoms with Crippen molar-refractivity contribution in [1.29, 1.82) is 0 Å². The highest BCUT2D eigenvalue weighted by atomic mass is 35.5. The first-order valence-electron chi connectivity index (χ1n) is 5.73. The van der Waals surface area contributed by atoms with Crippen molar-refractivity contribution in [3.05, 3.63) is 17.5 Å². The number of aromatic nitrogens is 2. The van der Waals surface area contributed by atoms with Crippen LogP contribution >= 0.6 is 11.6 Å². The molecule has 1 aliphatic heterocycles. The van der Waals surface area contributed by atoms with Gasteiger partial charge in [-0.05, 0) is 6.92 Å². The molecule has 0 spiro atoms. The summed E-state index contributed by atoms with van der Waals surface area (Å²) >= 11 is 6.01. The number of piperazine rings is 1. The molecular formula is C10H15ClN4O2S.